The molecule has 0 saturated heterocycles. The molecule has 1 unspecified atom stereocenters. The molecule has 2 aromatic carbocycles. The van der Waals surface area contributed by atoms with Gasteiger partial charge in [-0.1, -0.05) is 42.5 Å². The van der Waals surface area contributed by atoms with Crippen molar-refractivity contribution in [3.8, 4) is 0 Å². The van der Waals surface area contributed by atoms with Gasteiger partial charge in [0.1, 0.15) is 11.2 Å². The van der Waals surface area contributed by atoms with E-state index in [0.717, 1.165) is 5.56 Å². The number of fused-ring (bicyclic) bond motifs is 3. The molecule has 1 atom stereocenters. The van der Waals surface area contributed by atoms with Crippen molar-refractivity contribution in [3.05, 3.63) is 82.3 Å². The maximum absolute atomic E-state index is 12.8. The van der Waals surface area contributed by atoms with Gasteiger partial charge in [-0.15, -0.1) is 0 Å². The first kappa shape index (κ1) is 17.9. The first-order valence-electron chi connectivity index (χ1n) is 9.12. The predicted octanol–water partition coefficient (Wildman–Crippen LogP) is 2.07. The van der Waals surface area contributed by atoms with Gasteiger partial charge in [0.25, 0.3) is 11.5 Å². The molecule has 142 valence electrons. The molecule has 0 saturated carbocycles. The number of hydrogen-bond acceptors (Lipinski definition) is 4. The number of rotatable bonds is 6. The average molecular weight is 376 g/mol. The average Bonchev–Trinajstić information content (AvgIpc) is 3.16. The molecule has 0 fully saturated rings. The van der Waals surface area contributed by atoms with Crippen LogP contribution in [0.25, 0.3) is 16.6 Å². The number of nitrogens with zero attached hydrogens (tertiary/aromatic N) is 2. The van der Waals surface area contributed by atoms with Crippen LogP contribution in [0.15, 0.2) is 65.6 Å². The molecule has 2 aromatic heterocycles. The summed E-state index contributed by atoms with van der Waals surface area (Å²) in [5.41, 5.74) is 2.09. The zero-order chi connectivity index (χ0) is 19.5. The number of benzene rings is 2. The first-order chi connectivity index (χ1) is 13.7. The number of carbonyl (C=O) groups is 1. The maximum atomic E-state index is 12.8. The number of aromatic nitrogens is 3. The Kier molecular flexibility index (Phi) is 4.90. The molecule has 0 aliphatic rings. The molecule has 0 aliphatic heterocycles. The molecular weight excluding hydrogens is 356 g/mol. The number of carbonyl (C=O) groups excluding carboxylic acids is 1. The van der Waals surface area contributed by atoms with Crippen molar-refractivity contribution in [2.24, 2.45) is 0 Å². The Labute approximate surface area is 160 Å². The highest BCUT2D eigenvalue weighted by Crippen LogP contribution is 2.19. The number of aliphatic hydroxyl groups is 1. The maximum Gasteiger partial charge on any atom is 0.259 e. The van der Waals surface area contributed by atoms with Crippen LogP contribution in [0.2, 0.25) is 0 Å². The minimum Gasteiger partial charge on any atom is -0.396 e. The number of hydrogen-bond donors (Lipinski definition) is 3. The van der Waals surface area contributed by atoms with Gasteiger partial charge in [0.15, 0.2) is 0 Å². The lowest BCUT2D eigenvalue weighted by molar-refractivity contribution is 0.0950. The number of nitrogens with one attached hydrogen (secondary N) is 2. The third kappa shape index (κ3) is 3.27. The van der Waals surface area contributed by atoms with Gasteiger partial charge in [-0.25, -0.2) is 4.52 Å². The SMILES string of the molecule is O=C(NCC(CCO)c1ccccc1)c1cnn2c1[nH]c(=O)c1ccccc12. The molecule has 0 bridgehead atoms. The fourth-order valence-corrected chi connectivity index (χ4v) is 3.42. The highest BCUT2D eigenvalue weighted by molar-refractivity contribution is 6.00. The van der Waals surface area contributed by atoms with Crippen molar-refractivity contribution in [1.82, 2.24) is 19.9 Å². The summed E-state index contributed by atoms with van der Waals surface area (Å²) < 4.78 is 1.56. The van der Waals surface area contributed by atoms with Crippen LogP contribution in [0.4, 0.5) is 0 Å². The molecule has 4 aromatic rings. The number of para-hydroxylation sites is 1. The summed E-state index contributed by atoms with van der Waals surface area (Å²) in [4.78, 5) is 27.9. The van der Waals surface area contributed by atoms with Gasteiger partial charge < -0.3 is 15.4 Å². The topological polar surface area (TPSA) is 99.5 Å². The number of aromatic amines is 1. The Hall–Kier alpha value is -3.45. The summed E-state index contributed by atoms with van der Waals surface area (Å²) in [5.74, 6) is -0.323. The summed E-state index contributed by atoms with van der Waals surface area (Å²) in [6.07, 6.45) is 2.00. The minimum atomic E-state index is -0.320. The molecular formula is C21H20N4O3. The van der Waals surface area contributed by atoms with E-state index in [-0.39, 0.29) is 24.0 Å². The zero-order valence-corrected chi connectivity index (χ0v) is 15.1. The summed E-state index contributed by atoms with van der Waals surface area (Å²) in [7, 11) is 0. The monoisotopic (exact) mass is 376 g/mol. The molecule has 7 nitrogen and oxygen atoms in total. The Bertz CT molecular complexity index is 1180. The van der Waals surface area contributed by atoms with Crippen molar-refractivity contribution in [2.75, 3.05) is 13.2 Å². The van der Waals surface area contributed by atoms with Crippen molar-refractivity contribution in [3.63, 3.8) is 0 Å². The molecule has 2 heterocycles. The zero-order valence-electron chi connectivity index (χ0n) is 15.1. The number of H-pyrrole nitrogens is 1. The van der Waals surface area contributed by atoms with Crippen LogP contribution in [0.5, 0.6) is 0 Å². The van der Waals surface area contributed by atoms with Crippen LogP contribution in [-0.4, -0.2) is 38.8 Å². The fourth-order valence-electron chi connectivity index (χ4n) is 3.42. The second-order valence-corrected chi connectivity index (χ2v) is 6.62. The number of aliphatic hydroxyl groups excluding tert-OH is 1. The third-order valence-corrected chi connectivity index (χ3v) is 4.88. The molecule has 28 heavy (non-hydrogen) atoms. The Morgan fingerprint density at radius 2 is 1.89 bits per heavy atom. The van der Waals surface area contributed by atoms with Crippen molar-refractivity contribution in [2.45, 2.75) is 12.3 Å². The standard InChI is InChI=1S/C21H20N4O3/c26-11-10-15(14-6-2-1-3-7-14)12-22-20(27)17-13-23-25-18-9-5-4-8-16(18)21(28)24-19(17)25/h1-9,13,15,26H,10-12H2,(H,22,27)(H,24,28). The van der Waals surface area contributed by atoms with Gasteiger partial charge in [0.2, 0.25) is 0 Å². The van der Waals surface area contributed by atoms with Crippen molar-refractivity contribution >= 4 is 22.5 Å². The fraction of sp³-hybridized carbons (Fsp3) is 0.190. The van der Waals surface area contributed by atoms with E-state index in [9.17, 15) is 14.7 Å². The number of amides is 1. The van der Waals surface area contributed by atoms with E-state index in [1.807, 2.05) is 36.4 Å². The largest absolute Gasteiger partial charge is 0.396 e. The van der Waals surface area contributed by atoms with Crippen LogP contribution in [0.1, 0.15) is 28.3 Å². The van der Waals surface area contributed by atoms with Crippen LogP contribution >= 0.6 is 0 Å². The van der Waals surface area contributed by atoms with Gasteiger partial charge in [-0.05, 0) is 24.1 Å². The highest BCUT2D eigenvalue weighted by atomic mass is 16.3. The molecule has 0 radical (unpaired) electrons. The van der Waals surface area contributed by atoms with Gasteiger partial charge in [0, 0.05) is 19.1 Å². The van der Waals surface area contributed by atoms with E-state index in [2.05, 4.69) is 15.4 Å². The summed E-state index contributed by atoms with van der Waals surface area (Å²) in [6, 6.07) is 16.9. The van der Waals surface area contributed by atoms with Crippen molar-refractivity contribution < 1.29 is 9.90 Å². The lowest BCUT2D eigenvalue weighted by Crippen LogP contribution is -2.29. The van der Waals surface area contributed by atoms with Crippen LogP contribution < -0.4 is 10.9 Å². The molecule has 4 rings (SSSR count). The van der Waals surface area contributed by atoms with E-state index >= 15 is 0 Å². The van der Waals surface area contributed by atoms with E-state index in [1.54, 1.807) is 22.7 Å². The van der Waals surface area contributed by atoms with Crippen molar-refractivity contribution in [1.29, 1.82) is 0 Å². The van der Waals surface area contributed by atoms with Gasteiger partial charge >= 0.3 is 0 Å². The Morgan fingerprint density at radius 1 is 1.14 bits per heavy atom. The quantitative estimate of drug-likeness (QED) is 0.480. The molecule has 3 N–H and O–H groups in total. The van der Waals surface area contributed by atoms with E-state index < -0.39 is 0 Å². The molecule has 0 spiro atoms. The highest BCUT2D eigenvalue weighted by Gasteiger charge is 2.18. The molecule has 0 aliphatic carbocycles. The van der Waals surface area contributed by atoms with Crippen LogP contribution in [0.3, 0.4) is 0 Å². The second-order valence-electron chi connectivity index (χ2n) is 6.62. The summed E-state index contributed by atoms with van der Waals surface area (Å²) >= 11 is 0. The minimum absolute atomic E-state index is 0.00290. The van der Waals surface area contributed by atoms with E-state index in [1.165, 1.54) is 6.20 Å². The van der Waals surface area contributed by atoms with E-state index in [0.29, 0.717) is 35.1 Å². The van der Waals surface area contributed by atoms with Crippen LogP contribution in [-0.2, 0) is 0 Å². The summed E-state index contributed by atoms with van der Waals surface area (Å²) in [5, 5.41) is 17.0. The summed E-state index contributed by atoms with van der Waals surface area (Å²) in [6.45, 7) is 0.407. The molecule has 1 amide bonds. The van der Waals surface area contributed by atoms with Gasteiger partial charge in [-0.2, -0.15) is 5.10 Å². The smallest absolute Gasteiger partial charge is 0.259 e. The van der Waals surface area contributed by atoms with Gasteiger partial charge in [-0.3, -0.25) is 9.59 Å². The third-order valence-electron chi connectivity index (χ3n) is 4.88. The molecule has 7 heteroatoms. The Balaban J connectivity index is 1.61. The Morgan fingerprint density at radius 3 is 2.68 bits per heavy atom. The van der Waals surface area contributed by atoms with E-state index in [4.69, 9.17) is 0 Å². The first-order valence-corrected chi connectivity index (χ1v) is 9.12. The van der Waals surface area contributed by atoms with Crippen LogP contribution in [0, 0.1) is 0 Å². The normalized spacial score (nSPS) is 12.3. The van der Waals surface area contributed by atoms with Gasteiger partial charge in [0.05, 0.1) is 17.1 Å². The second kappa shape index (κ2) is 7.66. The lowest BCUT2D eigenvalue weighted by Gasteiger charge is -2.17. The lowest BCUT2D eigenvalue weighted by atomic mass is 9.96. The predicted molar refractivity (Wildman–Crippen MR) is 107 cm³/mol.